The quantitative estimate of drug-likeness (QED) is 0.847. The lowest BCUT2D eigenvalue weighted by molar-refractivity contribution is 0.350. The van der Waals surface area contributed by atoms with Crippen molar-refractivity contribution < 1.29 is 5.11 Å². The molecule has 0 saturated heterocycles. The summed E-state index contributed by atoms with van der Waals surface area (Å²) in [6, 6.07) is 2.16. The molecule has 1 nitrogen and oxygen atoms in total. The summed E-state index contributed by atoms with van der Waals surface area (Å²) in [7, 11) is 0. The molecule has 0 bridgehead atoms. The summed E-state index contributed by atoms with van der Waals surface area (Å²) in [5, 5.41) is 11.6. The first-order chi connectivity index (χ1) is 8.78. The van der Waals surface area contributed by atoms with E-state index in [-0.39, 0.29) is 6.61 Å². The van der Waals surface area contributed by atoms with Gasteiger partial charge in [-0.15, -0.1) is 11.3 Å². The monoisotopic (exact) mass is 280 g/mol. The number of thioether (sulfide) groups is 1. The number of rotatable bonds is 3. The molecule has 1 saturated carbocycles. The van der Waals surface area contributed by atoms with Crippen LogP contribution in [0.25, 0.3) is 0 Å². The Kier molecular flexibility index (Phi) is 5.62. The zero-order chi connectivity index (χ0) is 12.8. The number of hydrogen-bond donors (Lipinski definition) is 1. The maximum atomic E-state index is 8.66. The van der Waals surface area contributed by atoms with Crippen LogP contribution in [0.5, 0.6) is 0 Å². The fourth-order valence-electron chi connectivity index (χ4n) is 2.39. The summed E-state index contributed by atoms with van der Waals surface area (Å²) in [5.41, 5.74) is 1.04. The molecule has 1 aromatic heterocycles. The van der Waals surface area contributed by atoms with Gasteiger partial charge < -0.3 is 5.11 Å². The van der Waals surface area contributed by atoms with Gasteiger partial charge in [0.1, 0.15) is 6.61 Å². The van der Waals surface area contributed by atoms with Crippen LogP contribution in [0.15, 0.2) is 11.4 Å². The summed E-state index contributed by atoms with van der Waals surface area (Å²) < 4.78 is 0. The van der Waals surface area contributed by atoms with E-state index in [0.29, 0.717) is 0 Å². The fraction of sp³-hybridized carbons (Fsp3) is 0.600. The Balaban J connectivity index is 1.81. The van der Waals surface area contributed by atoms with Crippen LogP contribution < -0.4 is 0 Å². The summed E-state index contributed by atoms with van der Waals surface area (Å²) >= 11 is 3.89. The van der Waals surface area contributed by atoms with E-state index in [1.165, 1.54) is 30.6 Å². The second-order valence-electron chi connectivity index (χ2n) is 4.97. The second kappa shape index (κ2) is 7.23. The van der Waals surface area contributed by atoms with Crippen molar-refractivity contribution in [1.82, 2.24) is 0 Å². The molecule has 2 unspecified atom stereocenters. The van der Waals surface area contributed by atoms with E-state index in [4.69, 9.17) is 5.11 Å². The van der Waals surface area contributed by atoms with Crippen molar-refractivity contribution >= 4 is 23.1 Å². The van der Waals surface area contributed by atoms with Gasteiger partial charge in [-0.05, 0) is 24.8 Å². The fourth-order valence-corrected chi connectivity index (χ4v) is 4.75. The molecule has 2 atom stereocenters. The molecule has 0 aliphatic heterocycles. The summed E-state index contributed by atoms with van der Waals surface area (Å²) in [5.74, 6) is 7.68. The largest absolute Gasteiger partial charge is 0.384 e. The van der Waals surface area contributed by atoms with E-state index >= 15 is 0 Å². The smallest absolute Gasteiger partial charge is 0.104 e. The molecule has 1 N–H and O–H groups in total. The van der Waals surface area contributed by atoms with E-state index in [1.54, 1.807) is 11.3 Å². The van der Waals surface area contributed by atoms with Crippen LogP contribution in [0.2, 0.25) is 0 Å². The predicted molar refractivity (Wildman–Crippen MR) is 81.0 cm³/mol. The van der Waals surface area contributed by atoms with E-state index in [0.717, 1.165) is 22.5 Å². The van der Waals surface area contributed by atoms with Crippen molar-refractivity contribution in [2.45, 2.75) is 43.6 Å². The molecule has 0 spiro atoms. The topological polar surface area (TPSA) is 20.2 Å². The summed E-state index contributed by atoms with van der Waals surface area (Å²) in [6.45, 7) is 2.32. The number of aliphatic hydroxyl groups is 1. The Morgan fingerprint density at radius 1 is 1.50 bits per heavy atom. The van der Waals surface area contributed by atoms with Gasteiger partial charge in [0.25, 0.3) is 0 Å². The van der Waals surface area contributed by atoms with Crippen LogP contribution in [-0.2, 0) is 5.75 Å². The van der Waals surface area contributed by atoms with Gasteiger partial charge in [0, 0.05) is 26.8 Å². The van der Waals surface area contributed by atoms with Crippen LogP contribution >= 0.6 is 23.1 Å². The molecule has 1 aliphatic carbocycles. The lowest BCUT2D eigenvalue weighted by Crippen LogP contribution is -2.15. The number of thiophene rings is 1. The Bertz CT molecular complexity index is 427. The maximum absolute atomic E-state index is 8.66. The normalized spacial score (nSPS) is 23.4. The third kappa shape index (κ3) is 4.35. The highest BCUT2D eigenvalue weighted by Gasteiger charge is 2.19. The SMILES string of the molecule is CC1CCCC(SCc2cc(C#CCO)cs2)C1. The van der Waals surface area contributed by atoms with Gasteiger partial charge in [-0.1, -0.05) is 31.6 Å². The molecule has 0 radical (unpaired) electrons. The first kappa shape index (κ1) is 14.0. The molecule has 18 heavy (non-hydrogen) atoms. The van der Waals surface area contributed by atoms with Gasteiger partial charge >= 0.3 is 0 Å². The zero-order valence-electron chi connectivity index (χ0n) is 10.8. The van der Waals surface area contributed by atoms with Crippen molar-refractivity contribution in [3.63, 3.8) is 0 Å². The van der Waals surface area contributed by atoms with Crippen molar-refractivity contribution in [1.29, 1.82) is 0 Å². The van der Waals surface area contributed by atoms with Crippen LogP contribution in [0.3, 0.4) is 0 Å². The molecule has 0 aromatic carbocycles. The summed E-state index contributed by atoms with van der Waals surface area (Å²) in [4.78, 5) is 1.40. The summed E-state index contributed by atoms with van der Waals surface area (Å²) in [6.07, 6.45) is 5.58. The number of hydrogen-bond acceptors (Lipinski definition) is 3. The van der Waals surface area contributed by atoms with Gasteiger partial charge in [-0.2, -0.15) is 11.8 Å². The van der Waals surface area contributed by atoms with Gasteiger partial charge in [-0.25, -0.2) is 0 Å². The molecule has 98 valence electrons. The lowest BCUT2D eigenvalue weighted by Gasteiger charge is -2.25. The third-order valence-electron chi connectivity index (χ3n) is 3.32. The average Bonchev–Trinajstić information content (AvgIpc) is 2.82. The van der Waals surface area contributed by atoms with Crippen LogP contribution in [0.4, 0.5) is 0 Å². The van der Waals surface area contributed by atoms with E-state index in [1.807, 2.05) is 0 Å². The predicted octanol–water partition coefficient (Wildman–Crippen LogP) is 3.90. The molecular weight excluding hydrogens is 260 g/mol. The van der Waals surface area contributed by atoms with E-state index in [2.05, 4.69) is 42.0 Å². The molecule has 1 aliphatic rings. The average molecular weight is 280 g/mol. The maximum Gasteiger partial charge on any atom is 0.104 e. The Morgan fingerprint density at radius 3 is 3.17 bits per heavy atom. The highest BCUT2D eigenvalue weighted by atomic mass is 32.2. The Hall–Kier alpha value is -0.430. The third-order valence-corrected chi connectivity index (χ3v) is 5.81. The molecule has 1 fully saturated rings. The Morgan fingerprint density at radius 2 is 2.39 bits per heavy atom. The van der Waals surface area contributed by atoms with E-state index in [9.17, 15) is 0 Å². The first-order valence-electron chi connectivity index (χ1n) is 6.56. The van der Waals surface area contributed by atoms with Crippen molar-refractivity contribution in [2.24, 2.45) is 5.92 Å². The highest BCUT2D eigenvalue weighted by molar-refractivity contribution is 7.99. The van der Waals surface area contributed by atoms with Crippen molar-refractivity contribution in [3.05, 3.63) is 21.9 Å². The standard InChI is InChI=1S/C15H20OS2/c1-12-4-2-6-14(8-12)18-11-15-9-13(10-17-15)5-3-7-16/h9-10,12,14,16H,2,4,6-8,11H2,1H3. The first-order valence-corrected chi connectivity index (χ1v) is 8.49. The van der Waals surface area contributed by atoms with E-state index < -0.39 is 0 Å². The Labute approximate surface area is 118 Å². The van der Waals surface area contributed by atoms with Crippen LogP contribution in [0.1, 0.15) is 43.0 Å². The van der Waals surface area contributed by atoms with Crippen LogP contribution in [-0.4, -0.2) is 17.0 Å². The molecule has 2 rings (SSSR count). The highest BCUT2D eigenvalue weighted by Crippen LogP contribution is 2.34. The van der Waals surface area contributed by atoms with Gasteiger partial charge in [0.15, 0.2) is 0 Å². The molecule has 1 heterocycles. The van der Waals surface area contributed by atoms with Gasteiger partial charge in [-0.3, -0.25) is 0 Å². The van der Waals surface area contributed by atoms with Crippen molar-refractivity contribution in [3.8, 4) is 11.8 Å². The van der Waals surface area contributed by atoms with Gasteiger partial charge in [0.2, 0.25) is 0 Å². The zero-order valence-corrected chi connectivity index (χ0v) is 12.4. The second-order valence-corrected chi connectivity index (χ2v) is 7.25. The minimum Gasteiger partial charge on any atom is -0.384 e. The molecule has 3 heteroatoms. The van der Waals surface area contributed by atoms with Gasteiger partial charge in [0.05, 0.1) is 0 Å². The van der Waals surface area contributed by atoms with Crippen LogP contribution in [0, 0.1) is 17.8 Å². The molecule has 0 amide bonds. The van der Waals surface area contributed by atoms with Crippen molar-refractivity contribution in [2.75, 3.05) is 6.61 Å². The minimum atomic E-state index is -0.0557. The molecule has 1 aromatic rings. The minimum absolute atomic E-state index is 0.0557. The molecular formula is C15H20OS2. The number of aliphatic hydroxyl groups excluding tert-OH is 1. The lowest BCUT2D eigenvalue weighted by atomic mass is 9.91.